The van der Waals surface area contributed by atoms with Crippen molar-refractivity contribution in [2.75, 3.05) is 0 Å². The van der Waals surface area contributed by atoms with Gasteiger partial charge < -0.3 is 5.73 Å². The van der Waals surface area contributed by atoms with Gasteiger partial charge in [0, 0.05) is 0 Å². The maximum Gasteiger partial charge on any atom is 0.327 e. The Kier molecular flexibility index (Phi) is 5.03. The molecular weight excluding hydrogens is 294 g/mol. The van der Waals surface area contributed by atoms with Crippen molar-refractivity contribution < 1.29 is 14.4 Å². The lowest BCUT2D eigenvalue weighted by atomic mass is 9.77. The molecule has 3 amide bonds. The number of carbonyl (C=O) groups is 3. The van der Waals surface area contributed by atoms with Crippen molar-refractivity contribution in [3.8, 4) is 0 Å². The molecule has 6 nitrogen and oxygen atoms in total. The minimum absolute atomic E-state index is 0.304. The zero-order valence-electron chi connectivity index (χ0n) is 13.5. The summed E-state index contributed by atoms with van der Waals surface area (Å²) >= 11 is 0. The quantitative estimate of drug-likeness (QED) is 0.577. The summed E-state index contributed by atoms with van der Waals surface area (Å²) in [7, 11) is 0. The van der Waals surface area contributed by atoms with Crippen LogP contribution in [0.3, 0.4) is 0 Å². The Morgan fingerprint density at radius 1 is 1.04 bits per heavy atom. The maximum atomic E-state index is 12.6. The second kappa shape index (κ2) is 6.81. The van der Waals surface area contributed by atoms with Gasteiger partial charge in [-0.1, -0.05) is 51.0 Å². The molecule has 1 aromatic rings. The highest BCUT2D eigenvalue weighted by molar-refractivity contribution is 6.34. The lowest BCUT2D eigenvalue weighted by Gasteiger charge is -2.28. The van der Waals surface area contributed by atoms with E-state index in [0.717, 1.165) is 18.4 Å². The Morgan fingerprint density at radius 2 is 1.61 bits per heavy atom. The van der Waals surface area contributed by atoms with Crippen molar-refractivity contribution in [2.45, 2.75) is 50.9 Å². The van der Waals surface area contributed by atoms with E-state index in [2.05, 4.69) is 24.7 Å². The van der Waals surface area contributed by atoms with Gasteiger partial charge in [-0.25, -0.2) is 0 Å². The number of hydrogen-bond acceptors (Lipinski definition) is 3. The summed E-state index contributed by atoms with van der Waals surface area (Å²) in [6.45, 7) is 4.23. The van der Waals surface area contributed by atoms with Crippen LogP contribution in [0.2, 0.25) is 0 Å². The number of hydrazine groups is 1. The van der Waals surface area contributed by atoms with Crippen LogP contribution in [0.4, 0.5) is 0 Å². The van der Waals surface area contributed by atoms with Crippen molar-refractivity contribution in [3.63, 3.8) is 0 Å². The van der Waals surface area contributed by atoms with Crippen LogP contribution in [0.15, 0.2) is 24.3 Å². The SMILES string of the molecule is CC(C)c1ccc(C2(C(=O)NNC(=O)C(N)=O)CCCC2)cc1. The first kappa shape index (κ1) is 17.0. The van der Waals surface area contributed by atoms with Gasteiger partial charge in [-0.3, -0.25) is 25.2 Å². The number of nitrogens with one attached hydrogen (secondary N) is 2. The molecular formula is C17H23N3O3. The van der Waals surface area contributed by atoms with Crippen LogP contribution in [0, 0.1) is 0 Å². The summed E-state index contributed by atoms with van der Waals surface area (Å²) in [5.74, 6) is -2.04. The van der Waals surface area contributed by atoms with Crippen LogP contribution in [0.25, 0.3) is 0 Å². The minimum atomic E-state index is -1.13. The predicted octanol–water partition coefficient (Wildman–Crippen LogP) is 1.25. The van der Waals surface area contributed by atoms with Gasteiger partial charge >= 0.3 is 11.8 Å². The predicted molar refractivity (Wildman–Crippen MR) is 86.2 cm³/mol. The highest BCUT2D eigenvalue weighted by atomic mass is 16.2. The van der Waals surface area contributed by atoms with Gasteiger partial charge in [0.25, 0.3) is 0 Å². The van der Waals surface area contributed by atoms with Gasteiger partial charge in [-0.05, 0) is 29.9 Å². The summed E-state index contributed by atoms with van der Waals surface area (Å²) in [6.07, 6.45) is 3.32. The largest absolute Gasteiger partial charge is 0.361 e. The molecule has 6 heteroatoms. The van der Waals surface area contributed by atoms with Crippen molar-refractivity contribution in [3.05, 3.63) is 35.4 Å². The summed E-state index contributed by atoms with van der Waals surface area (Å²) in [6, 6.07) is 8.04. The Balaban J connectivity index is 2.20. The van der Waals surface area contributed by atoms with E-state index in [4.69, 9.17) is 5.73 Å². The number of carbonyl (C=O) groups excluding carboxylic acids is 3. The highest BCUT2D eigenvalue weighted by Gasteiger charge is 2.42. The van der Waals surface area contributed by atoms with Gasteiger partial charge in [0.15, 0.2) is 0 Å². The van der Waals surface area contributed by atoms with E-state index in [1.165, 1.54) is 5.56 Å². The molecule has 0 atom stereocenters. The first-order chi connectivity index (χ1) is 10.9. The smallest absolute Gasteiger partial charge is 0.327 e. The highest BCUT2D eigenvalue weighted by Crippen LogP contribution is 2.41. The molecule has 4 N–H and O–H groups in total. The van der Waals surface area contributed by atoms with Gasteiger partial charge in [-0.2, -0.15) is 0 Å². The summed E-state index contributed by atoms with van der Waals surface area (Å²) in [5.41, 5.74) is 10.8. The van der Waals surface area contributed by atoms with Crippen molar-refractivity contribution in [1.82, 2.24) is 10.9 Å². The number of rotatable bonds is 3. The molecule has 0 heterocycles. The third-order valence-electron chi connectivity index (χ3n) is 4.54. The Bertz CT molecular complexity index is 602. The van der Waals surface area contributed by atoms with Crippen LogP contribution in [-0.4, -0.2) is 17.7 Å². The molecule has 0 saturated heterocycles. The van der Waals surface area contributed by atoms with Gasteiger partial charge in [0.05, 0.1) is 5.41 Å². The fourth-order valence-corrected chi connectivity index (χ4v) is 3.11. The zero-order chi connectivity index (χ0) is 17.0. The van der Waals surface area contributed by atoms with E-state index in [9.17, 15) is 14.4 Å². The maximum absolute atomic E-state index is 12.6. The zero-order valence-corrected chi connectivity index (χ0v) is 13.5. The van der Waals surface area contributed by atoms with Crippen LogP contribution < -0.4 is 16.6 Å². The summed E-state index contributed by atoms with van der Waals surface area (Å²) in [5, 5.41) is 0. The number of benzene rings is 1. The fraction of sp³-hybridized carbons (Fsp3) is 0.471. The van der Waals surface area contributed by atoms with E-state index < -0.39 is 17.2 Å². The molecule has 2 rings (SSSR count). The molecule has 1 aromatic carbocycles. The summed E-state index contributed by atoms with van der Waals surface area (Å²) < 4.78 is 0. The van der Waals surface area contributed by atoms with E-state index in [-0.39, 0.29) is 5.91 Å². The molecule has 1 aliphatic carbocycles. The van der Waals surface area contributed by atoms with Gasteiger partial charge in [0.2, 0.25) is 5.91 Å². The van der Waals surface area contributed by atoms with Crippen molar-refractivity contribution in [2.24, 2.45) is 5.73 Å². The lowest BCUT2D eigenvalue weighted by molar-refractivity contribution is -0.140. The van der Waals surface area contributed by atoms with Crippen molar-refractivity contribution >= 4 is 17.7 Å². The molecule has 1 aliphatic rings. The van der Waals surface area contributed by atoms with E-state index in [1.54, 1.807) is 0 Å². The Hall–Kier alpha value is -2.37. The standard InChI is InChI=1S/C17H23N3O3/c1-11(2)12-5-7-13(8-6-12)17(9-3-4-10-17)16(23)20-19-15(22)14(18)21/h5-8,11H,3-4,9-10H2,1-2H3,(H2,18,21)(H,19,22)(H,20,23). The topological polar surface area (TPSA) is 101 Å². The molecule has 0 aliphatic heterocycles. The normalized spacial score (nSPS) is 16.1. The number of hydrogen-bond donors (Lipinski definition) is 3. The molecule has 0 spiro atoms. The van der Waals surface area contributed by atoms with E-state index in [1.807, 2.05) is 24.3 Å². The molecule has 23 heavy (non-hydrogen) atoms. The molecule has 0 bridgehead atoms. The molecule has 0 aromatic heterocycles. The third-order valence-corrected chi connectivity index (χ3v) is 4.54. The number of primary amides is 1. The first-order valence-electron chi connectivity index (χ1n) is 7.87. The first-order valence-corrected chi connectivity index (χ1v) is 7.87. The molecule has 124 valence electrons. The molecule has 1 saturated carbocycles. The molecule has 1 fully saturated rings. The van der Waals surface area contributed by atoms with Gasteiger partial charge in [0.1, 0.15) is 0 Å². The second-order valence-corrected chi connectivity index (χ2v) is 6.34. The average molecular weight is 317 g/mol. The lowest BCUT2D eigenvalue weighted by Crippen LogP contribution is -2.53. The van der Waals surface area contributed by atoms with E-state index in [0.29, 0.717) is 18.8 Å². The molecule has 0 unspecified atom stereocenters. The second-order valence-electron chi connectivity index (χ2n) is 6.34. The van der Waals surface area contributed by atoms with Crippen molar-refractivity contribution in [1.29, 1.82) is 0 Å². The van der Waals surface area contributed by atoms with Gasteiger partial charge in [-0.15, -0.1) is 0 Å². The van der Waals surface area contributed by atoms with Crippen LogP contribution in [-0.2, 0) is 19.8 Å². The number of nitrogens with two attached hydrogens (primary N) is 1. The Morgan fingerprint density at radius 3 is 2.09 bits per heavy atom. The average Bonchev–Trinajstić information content (AvgIpc) is 3.03. The van der Waals surface area contributed by atoms with Crippen LogP contribution in [0.1, 0.15) is 56.6 Å². The Labute approximate surface area is 135 Å². The van der Waals surface area contributed by atoms with E-state index >= 15 is 0 Å². The minimum Gasteiger partial charge on any atom is -0.361 e. The van der Waals surface area contributed by atoms with Crippen LogP contribution in [0.5, 0.6) is 0 Å². The summed E-state index contributed by atoms with van der Waals surface area (Å²) in [4.78, 5) is 34.6. The monoisotopic (exact) mass is 317 g/mol. The number of amides is 3. The van der Waals surface area contributed by atoms with Crippen LogP contribution >= 0.6 is 0 Å². The fourth-order valence-electron chi connectivity index (χ4n) is 3.11. The third kappa shape index (κ3) is 3.52. The molecule has 0 radical (unpaired) electrons.